The van der Waals surface area contributed by atoms with Gasteiger partial charge in [-0.3, -0.25) is 4.99 Å². The first kappa shape index (κ1) is 16.7. The third-order valence-electron chi connectivity index (χ3n) is 3.97. The summed E-state index contributed by atoms with van der Waals surface area (Å²) in [6, 6.07) is 9.41. The number of aryl methyl sites for hydroxylation is 1. The van der Waals surface area contributed by atoms with Gasteiger partial charge in [0.1, 0.15) is 0 Å². The van der Waals surface area contributed by atoms with Crippen LogP contribution in [0.1, 0.15) is 11.1 Å². The van der Waals surface area contributed by atoms with Gasteiger partial charge in [-0.05, 0) is 18.6 Å². The van der Waals surface area contributed by atoms with E-state index in [0.717, 1.165) is 16.5 Å². The molecule has 2 aromatic carbocycles. The predicted octanol–water partition coefficient (Wildman–Crippen LogP) is 3.96. The van der Waals surface area contributed by atoms with Crippen LogP contribution in [-0.2, 0) is 0 Å². The van der Waals surface area contributed by atoms with E-state index in [2.05, 4.69) is 9.98 Å². The van der Waals surface area contributed by atoms with E-state index in [-0.39, 0.29) is 5.88 Å². The normalized spacial score (nSPS) is 11.2. The summed E-state index contributed by atoms with van der Waals surface area (Å²) in [6.07, 6.45) is 1.62. The monoisotopic (exact) mass is 340 g/mol. The molecule has 2 N–H and O–H groups in total. The second kappa shape index (κ2) is 6.76. The number of nitrogens with zero attached hydrogens (tertiary/aromatic N) is 1. The third-order valence-corrected chi connectivity index (χ3v) is 3.97. The van der Waals surface area contributed by atoms with Crippen molar-refractivity contribution in [3.8, 4) is 23.1 Å². The van der Waals surface area contributed by atoms with Gasteiger partial charge in [0.2, 0.25) is 5.75 Å². The predicted molar refractivity (Wildman–Crippen MR) is 98.1 cm³/mol. The number of fused-ring (bicyclic) bond motifs is 1. The van der Waals surface area contributed by atoms with Crippen molar-refractivity contribution in [2.45, 2.75) is 6.92 Å². The molecule has 6 heteroatoms. The van der Waals surface area contributed by atoms with Gasteiger partial charge in [0, 0.05) is 29.3 Å². The lowest BCUT2D eigenvalue weighted by Crippen LogP contribution is -1.94. The van der Waals surface area contributed by atoms with Gasteiger partial charge in [-0.25, -0.2) is 0 Å². The van der Waals surface area contributed by atoms with Crippen LogP contribution in [0.25, 0.3) is 10.9 Å². The Hall–Kier alpha value is -3.15. The number of aliphatic imine (C=N–C) groups is 1. The van der Waals surface area contributed by atoms with Crippen molar-refractivity contribution in [3.63, 3.8) is 0 Å². The lowest BCUT2D eigenvalue weighted by molar-refractivity contribution is 0.324. The summed E-state index contributed by atoms with van der Waals surface area (Å²) in [5.41, 5.74) is 3.23. The Kier molecular flexibility index (Phi) is 4.52. The molecule has 0 aliphatic carbocycles. The van der Waals surface area contributed by atoms with Crippen LogP contribution in [-0.4, -0.2) is 37.6 Å². The Morgan fingerprint density at radius 1 is 1.00 bits per heavy atom. The second-order valence-corrected chi connectivity index (χ2v) is 5.58. The number of aromatic hydroxyl groups is 1. The van der Waals surface area contributed by atoms with Gasteiger partial charge in [-0.2, -0.15) is 0 Å². The lowest BCUT2D eigenvalue weighted by Gasteiger charge is -2.12. The number of ether oxygens (including phenoxy) is 3. The highest BCUT2D eigenvalue weighted by molar-refractivity contribution is 6.02. The fourth-order valence-corrected chi connectivity index (χ4v) is 2.73. The number of H-pyrrole nitrogens is 1. The van der Waals surface area contributed by atoms with Crippen LogP contribution in [0.5, 0.6) is 23.1 Å². The smallest absolute Gasteiger partial charge is 0.203 e. The number of aromatic nitrogens is 1. The van der Waals surface area contributed by atoms with Crippen molar-refractivity contribution >= 4 is 22.8 Å². The average molecular weight is 340 g/mol. The molecule has 0 fully saturated rings. The van der Waals surface area contributed by atoms with Crippen molar-refractivity contribution in [1.29, 1.82) is 0 Å². The van der Waals surface area contributed by atoms with Gasteiger partial charge in [0.25, 0.3) is 0 Å². The molecule has 0 atom stereocenters. The van der Waals surface area contributed by atoms with E-state index in [4.69, 9.17) is 14.2 Å². The number of methoxy groups -OCH3 is 3. The van der Waals surface area contributed by atoms with Gasteiger partial charge in [0.05, 0.1) is 32.6 Å². The highest BCUT2D eigenvalue weighted by Crippen LogP contribution is 2.41. The molecule has 0 saturated heterocycles. The highest BCUT2D eigenvalue weighted by atomic mass is 16.5. The minimum absolute atomic E-state index is 0.0804. The molecule has 6 nitrogen and oxygen atoms in total. The van der Waals surface area contributed by atoms with Crippen LogP contribution in [0.4, 0.5) is 5.69 Å². The van der Waals surface area contributed by atoms with E-state index in [1.165, 1.54) is 0 Å². The molecule has 0 radical (unpaired) electrons. The fourth-order valence-electron chi connectivity index (χ4n) is 2.73. The van der Waals surface area contributed by atoms with E-state index in [9.17, 15) is 5.11 Å². The standard InChI is InChI=1S/C19H20N2O4/c1-11-5-6-13-14(19(22)21-15(13)7-11)10-20-12-8-16(23-2)18(25-4)17(9-12)24-3/h5-10,21-22H,1-4H3. The second-order valence-electron chi connectivity index (χ2n) is 5.58. The summed E-state index contributed by atoms with van der Waals surface area (Å²) >= 11 is 0. The number of benzene rings is 2. The van der Waals surface area contributed by atoms with Crippen LogP contribution < -0.4 is 14.2 Å². The highest BCUT2D eigenvalue weighted by Gasteiger charge is 2.13. The molecule has 0 amide bonds. The molecule has 0 unspecified atom stereocenters. The first-order valence-corrected chi connectivity index (χ1v) is 7.72. The Labute approximate surface area is 145 Å². The van der Waals surface area contributed by atoms with Gasteiger partial charge in [-0.1, -0.05) is 12.1 Å². The molecule has 0 bridgehead atoms. The summed E-state index contributed by atoms with van der Waals surface area (Å²) < 4.78 is 16.0. The maximum atomic E-state index is 10.2. The summed E-state index contributed by atoms with van der Waals surface area (Å²) in [5.74, 6) is 1.63. The average Bonchev–Trinajstić information content (AvgIpc) is 2.92. The van der Waals surface area contributed by atoms with E-state index in [0.29, 0.717) is 28.5 Å². The maximum absolute atomic E-state index is 10.2. The topological polar surface area (TPSA) is 76.1 Å². The minimum atomic E-state index is 0.0804. The molecular weight excluding hydrogens is 320 g/mol. The van der Waals surface area contributed by atoms with Crippen molar-refractivity contribution in [3.05, 3.63) is 41.5 Å². The van der Waals surface area contributed by atoms with Crippen LogP contribution in [0.15, 0.2) is 35.3 Å². The van der Waals surface area contributed by atoms with Crippen molar-refractivity contribution in [1.82, 2.24) is 4.98 Å². The van der Waals surface area contributed by atoms with Gasteiger partial charge < -0.3 is 24.3 Å². The molecule has 3 rings (SSSR count). The zero-order valence-electron chi connectivity index (χ0n) is 14.6. The lowest BCUT2D eigenvalue weighted by atomic mass is 10.1. The molecule has 0 spiro atoms. The maximum Gasteiger partial charge on any atom is 0.203 e. The molecular formula is C19H20N2O4. The van der Waals surface area contributed by atoms with E-state index in [1.807, 2.05) is 25.1 Å². The molecule has 1 aromatic heterocycles. The quantitative estimate of drug-likeness (QED) is 0.689. The fraction of sp³-hybridized carbons (Fsp3) is 0.211. The van der Waals surface area contributed by atoms with Gasteiger partial charge in [0.15, 0.2) is 17.4 Å². The largest absolute Gasteiger partial charge is 0.494 e. The van der Waals surface area contributed by atoms with Crippen molar-refractivity contribution in [2.75, 3.05) is 21.3 Å². The van der Waals surface area contributed by atoms with Crippen molar-refractivity contribution < 1.29 is 19.3 Å². The number of aromatic amines is 1. The zero-order chi connectivity index (χ0) is 18.0. The van der Waals surface area contributed by atoms with E-state index >= 15 is 0 Å². The zero-order valence-corrected chi connectivity index (χ0v) is 14.6. The first-order valence-electron chi connectivity index (χ1n) is 7.72. The Morgan fingerprint density at radius 3 is 2.28 bits per heavy atom. The minimum Gasteiger partial charge on any atom is -0.494 e. The molecule has 25 heavy (non-hydrogen) atoms. The Morgan fingerprint density at radius 2 is 1.68 bits per heavy atom. The van der Waals surface area contributed by atoms with Crippen LogP contribution in [0, 0.1) is 6.92 Å². The van der Waals surface area contributed by atoms with Crippen LogP contribution >= 0.6 is 0 Å². The summed E-state index contributed by atoms with van der Waals surface area (Å²) in [4.78, 5) is 7.42. The molecule has 0 aliphatic heterocycles. The SMILES string of the molecule is COc1cc(N=Cc2c(O)[nH]c3cc(C)ccc23)cc(OC)c1OC. The Balaban J connectivity index is 2.04. The van der Waals surface area contributed by atoms with Gasteiger partial charge >= 0.3 is 0 Å². The summed E-state index contributed by atoms with van der Waals surface area (Å²) in [5, 5.41) is 11.1. The number of hydrogen-bond donors (Lipinski definition) is 2. The molecule has 3 aromatic rings. The summed E-state index contributed by atoms with van der Waals surface area (Å²) in [6.45, 7) is 2.00. The molecule has 0 aliphatic rings. The number of rotatable bonds is 5. The number of hydrogen-bond acceptors (Lipinski definition) is 5. The molecule has 130 valence electrons. The third kappa shape index (κ3) is 3.10. The van der Waals surface area contributed by atoms with Crippen molar-refractivity contribution in [2.24, 2.45) is 4.99 Å². The molecule has 1 heterocycles. The molecule has 0 saturated carbocycles. The van der Waals surface area contributed by atoms with Crippen LogP contribution in [0.3, 0.4) is 0 Å². The van der Waals surface area contributed by atoms with Crippen LogP contribution in [0.2, 0.25) is 0 Å². The van der Waals surface area contributed by atoms with Gasteiger partial charge in [-0.15, -0.1) is 0 Å². The summed E-state index contributed by atoms with van der Waals surface area (Å²) in [7, 11) is 4.66. The van der Waals surface area contributed by atoms with E-state index < -0.39 is 0 Å². The first-order chi connectivity index (χ1) is 12.1. The Bertz CT molecular complexity index is 919. The van der Waals surface area contributed by atoms with E-state index in [1.54, 1.807) is 39.7 Å². The number of nitrogens with one attached hydrogen (secondary N) is 1.